The number of carbonyl (C=O) groups excluding carboxylic acids is 3. The predicted octanol–water partition coefficient (Wildman–Crippen LogP) is 0.944. The molecule has 4 rings (SSSR count). The summed E-state index contributed by atoms with van der Waals surface area (Å²) in [6.45, 7) is 3.09. The summed E-state index contributed by atoms with van der Waals surface area (Å²) in [5.74, 6) is 0.301. The van der Waals surface area contributed by atoms with Crippen LogP contribution in [0.3, 0.4) is 0 Å². The molecule has 2 unspecified atom stereocenters. The lowest BCUT2D eigenvalue weighted by Gasteiger charge is -2.29. The Morgan fingerprint density at radius 2 is 2.09 bits per heavy atom. The molecule has 6 nitrogen and oxygen atoms in total. The van der Waals surface area contributed by atoms with Crippen LogP contribution < -0.4 is 10.1 Å². The molecule has 1 aromatic carbocycles. The second-order valence-corrected chi connectivity index (χ2v) is 6.12. The van der Waals surface area contributed by atoms with Gasteiger partial charge in [0.2, 0.25) is 11.8 Å². The highest BCUT2D eigenvalue weighted by atomic mass is 16.5. The Bertz CT molecular complexity index is 712. The van der Waals surface area contributed by atoms with Crippen molar-refractivity contribution in [2.45, 2.75) is 38.3 Å². The number of ether oxygens (including phenoxy) is 1. The number of benzene rings is 1. The summed E-state index contributed by atoms with van der Waals surface area (Å²) in [6.07, 6.45) is 0.645. The molecule has 114 valence electrons. The molecule has 0 aromatic heterocycles. The molecule has 0 radical (unpaired) electrons. The second-order valence-electron chi connectivity index (χ2n) is 6.12. The van der Waals surface area contributed by atoms with Gasteiger partial charge in [0, 0.05) is 29.0 Å². The van der Waals surface area contributed by atoms with Crippen LogP contribution in [0.2, 0.25) is 0 Å². The van der Waals surface area contributed by atoms with E-state index in [0.717, 1.165) is 16.9 Å². The first-order valence-corrected chi connectivity index (χ1v) is 7.49. The minimum atomic E-state index is -0.577. The highest BCUT2D eigenvalue weighted by Crippen LogP contribution is 2.42. The number of rotatable bonds is 1. The maximum Gasteiger partial charge on any atom is 0.255 e. The highest BCUT2D eigenvalue weighted by molar-refractivity contribution is 6.05. The molecular formula is C16H16N2O4. The third-order valence-corrected chi connectivity index (χ3v) is 4.71. The fourth-order valence-corrected chi connectivity index (χ4v) is 3.49. The number of fused-ring (bicyclic) bond motifs is 3. The predicted molar refractivity (Wildman–Crippen MR) is 76.4 cm³/mol. The van der Waals surface area contributed by atoms with Gasteiger partial charge >= 0.3 is 0 Å². The van der Waals surface area contributed by atoms with Crippen LogP contribution in [0.5, 0.6) is 5.75 Å². The highest BCUT2D eigenvalue weighted by Gasteiger charge is 2.41. The molecule has 3 amide bonds. The van der Waals surface area contributed by atoms with Crippen LogP contribution in [0.4, 0.5) is 0 Å². The van der Waals surface area contributed by atoms with Crippen LogP contribution in [-0.4, -0.2) is 35.3 Å². The topological polar surface area (TPSA) is 75.7 Å². The van der Waals surface area contributed by atoms with Crippen LogP contribution in [0.25, 0.3) is 0 Å². The number of hydrogen-bond donors (Lipinski definition) is 1. The van der Waals surface area contributed by atoms with Gasteiger partial charge in [-0.1, -0.05) is 13.0 Å². The lowest BCUT2D eigenvalue weighted by Crippen LogP contribution is -2.52. The standard InChI is InChI=1S/C16H16N2O4/c1-8-7-22-14-9(8)2-3-10-11(14)6-18(16(10)21)12-4-5-13(19)17-15(12)20/h2-3,8,12H,4-7H2,1H3,(H,17,19,20). The van der Waals surface area contributed by atoms with Gasteiger partial charge < -0.3 is 9.64 Å². The summed E-state index contributed by atoms with van der Waals surface area (Å²) >= 11 is 0. The van der Waals surface area contributed by atoms with Crippen molar-refractivity contribution in [3.8, 4) is 5.75 Å². The average molecular weight is 300 g/mol. The fraction of sp³-hybridized carbons (Fsp3) is 0.438. The summed E-state index contributed by atoms with van der Waals surface area (Å²) in [5.41, 5.74) is 2.60. The summed E-state index contributed by atoms with van der Waals surface area (Å²) in [5, 5.41) is 2.31. The monoisotopic (exact) mass is 300 g/mol. The summed E-state index contributed by atoms with van der Waals surface area (Å²) < 4.78 is 5.75. The first-order chi connectivity index (χ1) is 10.6. The zero-order valence-corrected chi connectivity index (χ0v) is 12.2. The lowest BCUT2D eigenvalue weighted by molar-refractivity contribution is -0.136. The van der Waals surface area contributed by atoms with Crippen molar-refractivity contribution in [2.75, 3.05) is 6.61 Å². The van der Waals surface area contributed by atoms with Crippen LogP contribution in [0.1, 0.15) is 47.2 Å². The van der Waals surface area contributed by atoms with Crippen molar-refractivity contribution in [1.82, 2.24) is 10.2 Å². The van der Waals surface area contributed by atoms with Crippen LogP contribution in [-0.2, 0) is 16.1 Å². The number of nitrogens with one attached hydrogen (secondary N) is 1. The molecule has 1 saturated heterocycles. The van der Waals surface area contributed by atoms with Crippen LogP contribution in [0.15, 0.2) is 12.1 Å². The third-order valence-electron chi connectivity index (χ3n) is 4.71. The summed E-state index contributed by atoms with van der Waals surface area (Å²) in [4.78, 5) is 37.4. The molecule has 1 aromatic rings. The van der Waals surface area contributed by atoms with Gasteiger partial charge in [0.15, 0.2) is 0 Å². The van der Waals surface area contributed by atoms with E-state index in [4.69, 9.17) is 4.74 Å². The first kappa shape index (κ1) is 13.3. The van der Waals surface area contributed by atoms with Gasteiger partial charge in [-0.05, 0) is 12.5 Å². The van der Waals surface area contributed by atoms with Crippen molar-refractivity contribution in [3.05, 3.63) is 28.8 Å². The van der Waals surface area contributed by atoms with Gasteiger partial charge in [-0.15, -0.1) is 0 Å². The van der Waals surface area contributed by atoms with Crippen LogP contribution in [0, 0.1) is 0 Å². The van der Waals surface area contributed by atoms with Gasteiger partial charge in [-0.25, -0.2) is 0 Å². The third kappa shape index (κ3) is 1.76. The van der Waals surface area contributed by atoms with E-state index >= 15 is 0 Å². The van der Waals surface area contributed by atoms with Crippen molar-refractivity contribution in [3.63, 3.8) is 0 Å². The number of imide groups is 1. The van der Waals surface area contributed by atoms with E-state index in [-0.39, 0.29) is 24.1 Å². The Labute approximate surface area is 127 Å². The van der Waals surface area contributed by atoms with Crippen molar-refractivity contribution >= 4 is 17.7 Å². The molecule has 22 heavy (non-hydrogen) atoms. The number of hydrogen-bond acceptors (Lipinski definition) is 4. The average Bonchev–Trinajstić information content (AvgIpc) is 3.01. The SMILES string of the molecule is CC1COc2c1ccc1c2CN(C2CCC(=O)NC2=O)C1=O. The molecule has 0 saturated carbocycles. The Hall–Kier alpha value is -2.37. The Morgan fingerprint density at radius 1 is 1.27 bits per heavy atom. The lowest BCUT2D eigenvalue weighted by atomic mass is 9.98. The van der Waals surface area contributed by atoms with E-state index in [0.29, 0.717) is 31.1 Å². The van der Waals surface area contributed by atoms with E-state index in [1.807, 2.05) is 12.1 Å². The van der Waals surface area contributed by atoms with Crippen LogP contribution >= 0.6 is 0 Å². The van der Waals surface area contributed by atoms with Gasteiger partial charge in [0.25, 0.3) is 5.91 Å². The Morgan fingerprint density at radius 3 is 2.86 bits per heavy atom. The Balaban J connectivity index is 1.68. The zero-order chi connectivity index (χ0) is 15.4. The molecule has 1 fully saturated rings. The molecule has 6 heteroatoms. The molecule has 0 spiro atoms. The molecule has 2 atom stereocenters. The fourth-order valence-electron chi connectivity index (χ4n) is 3.49. The zero-order valence-electron chi connectivity index (χ0n) is 12.2. The van der Waals surface area contributed by atoms with Crippen molar-refractivity contribution < 1.29 is 19.1 Å². The van der Waals surface area contributed by atoms with Crippen molar-refractivity contribution in [2.24, 2.45) is 0 Å². The second kappa shape index (κ2) is 4.56. The summed E-state index contributed by atoms with van der Waals surface area (Å²) in [7, 11) is 0. The number of carbonyl (C=O) groups is 3. The largest absolute Gasteiger partial charge is 0.492 e. The molecular weight excluding hydrogens is 284 g/mol. The van der Waals surface area contributed by atoms with Gasteiger partial charge in [-0.2, -0.15) is 0 Å². The smallest absolute Gasteiger partial charge is 0.255 e. The normalized spacial score (nSPS) is 26.6. The molecule has 0 aliphatic carbocycles. The van der Waals surface area contributed by atoms with Gasteiger partial charge in [0.05, 0.1) is 13.2 Å². The van der Waals surface area contributed by atoms with E-state index in [9.17, 15) is 14.4 Å². The molecule has 3 aliphatic heterocycles. The van der Waals surface area contributed by atoms with Crippen molar-refractivity contribution in [1.29, 1.82) is 0 Å². The molecule has 3 heterocycles. The van der Waals surface area contributed by atoms with E-state index in [1.165, 1.54) is 0 Å². The number of piperidine rings is 1. The number of amides is 3. The molecule has 3 aliphatic rings. The van der Waals surface area contributed by atoms with Gasteiger partial charge in [0.1, 0.15) is 11.8 Å². The quantitative estimate of drug-likeness (QED) is 0.783. The molecule has 0 bridgehead atoms. The van der Waals surface area contributed by atoms with E-state index < -0.39 is 6.04 Å². The number of nitrogens with zero attached hydrogens (tertiary/aromatic N) is 1. The Kier molecular flexibility index (Phi) is 2.76. The minimum Gasteiger partial charge on any atom is -0.492 e. The summed E-state index contributed by atoms with van der Waals surface area (Å²) in [6, 6.07) is 3.19. The maximum absolute atomic E-state index is 12.6. The first-order valence-electron chi connectivity index (χ1n) is 7.49. The van der Waals surface area contributed by atoms with E-state index in [1.54, 1.807) is 4.90 Å². The molecule has 1 N–H and O–H groups in total. The van der Waals surface area contributed by atoms with E-state index in [2.05, 4.69) is 12.2 Å². The van der Waals surface area contributed by atoms with Gasteiger partial charge in [-0.3, -0.25) is 19.7 Å². The minimum absolute atomic E-state index is 0.157. The maximum atomic E-state index is 12.6.